The molecule has 8 rings (SSSR count). The van der Waals surface area contributed by atoms with Crippen molar-refractivity contribution in [2.75, 3.05) is 13.1 Å². The Balaban J connectivity index is 1.01. The number of hydrogen-bond donors (Lipinski definition) is 0. The van der Waals surface area contributed by atoms with Crippen LogP contribution in [0.25, 0.3) is 21.5 Å². The summed E-state index contributed by atoms with van der Waals surface area (Å²) < 4.78 is 13.6. The average Bonchev–Trinajstić information content (AvgIpc) is 3.24. The molecule has 0 N–H and O–H groups in total. The summed E-state index contributed by atoms with van der Waals surface area (Å²) in [5.74, 6) is -2.10. The van der Waals surface area contributed by atoms with Crippen LogP contribution in [0.3, 0.4) is 0 Å². The van der Waals surface area contributed by atoms with Gasteiger partial charge in [-0.15, -0.1) is 0 Å². The molecule has 10 nitrogen and oxygen atoms in total. The second-order valence-electron chi connectivity index (χ2n) is 13.8. The quantitative estimate of drug-likeness (QED) is 0.0557. The molecule has 0 saturated carbocycles. The van der Waals surface area contributed by atoms with E-state index in [1.54, 1.807) is 84.9 Å². The second kappa shape index (κ2) is 16.5. The first kappa shape index (κ1) is 38.9. The van der Waals surface area contributed by atoms with Crippen molar-refractivity contribution < 1.29 is 38.2 Å². The Hall–Kier alpha value is -5.90. The van der Waals surface area contributed by atoms with Gasteiger partial charge in [0.15, 0.2) is 0 Å². The number of esters is 2. The van der Waals surface area contributed by atoms with E-state index in [2.05, 4.69) is 0 Å². The molecule has 4 amide bonds. The summed E-state index contributed by atoms with van der Waals surface area (Å²) in [6.07, 6.45) is 3.09. The van der Waals surface area contributed by atoms with Crippen molar-refractivity contribution in [3.63, 3.8) is 0 Å². The number of hydrogen-bond acceptors (Lipinski definition) is 8. The molecular weight excluding hydrogens is 866 g/mol. The first-order valence-corrected chi connectivity index (χ1v) is 25.1. The normalized spacial score (nSPS) is 13.4. The third kappa shape index (κ3) is 7.03. The van der Waals surface area contributed by atoms with Crippen LogP contribution in [0.15, 0.2) is 109 Å². The van der Waals surface area contributed by atoms with Crippen LogP contribution < -0.4 is 18.4 Å². The molecule has 6 aromatic carbocycles. The van der Waals surface area contributed by atoms with Gasteiger partial charge in [0.2, 0.25) is 0 Å². The molecular formula is C46H36N2O8Se2. The van der Waals surface area contributed by atoms with Crippen LogP contribution in [0.4, 0.5) is 0 Å². The minimum atomic E-state index is -0.576. The fourth-order valence-corrected chi connectivity index (χ4v) is 14.3. The second-order valence-corrected chi connectivity index (χ2v) is 20.0. The molecule has 290 valence electrons. The number of imide groups is 2. The van der Waals surface area contributed by atoms with E-state index >= 15 is 0 Å². The molecule has 6 aromatic rings. The van der Waals surface area contributed by atoms with E-state index in [1.165, 1.54) is 9.80 Å². The third-order valence-electron chi connectivity index (χ3n) is 10.2. The van der Waals surface area contributed by atoms with E-state index in [1.807, 2.05) is 38.1 Å². The summed E-state index contributed by atoms with van der Waals surface area (Å²) in [7, 11) is 0. The SMILES string of the molecule is CCCCN1C(=O)c2cccc3c(OC(=O)c4ccccc4[Se][Se]c4ccccc4C(=O)Oc4ccc5c6c(cccc46)C(=O)N(CCCC)C5=O)ccc(c23)C1=O. The third-order valence-corrected chi connectivity index (χ3v) is 17.5. The number of nitrogens with zero attached hydrogens (tertiary/aromatic N) is 2. The number of unbranched alkanes of at least 4 members (excludes halogenated alkanes) is 2. The summed E-state index contributed by atoms with van der Waals surface area (Å²) >= 11 is -0.547. The van der Waals surface area contributed by atoms with E-state index in [9.17, 15) is 28.8 Å². The fourth-order valence-electron chi connectivity index (χ4n) is 7.27. The number of rotatable bonds is 13. The summed E-state index contributed by atoms with van der Waals surface area (Å²) in [6, 6.07) is 31.1. The van der Waals surface area contributed by atoms with Crippen molar-refractivity contribution in [1.82, 2.24) is 9.80 Å². The first-order valence-electron chi connectivity index (χ1n) is 19.0. The van der Waals surface area contributed by atoms with Crippen LogP contribution in [0, 0.1) is 0 Å². The van der Waals surface area contributed by atoms with Crippen molar-refractivity contribution >= 4 is 92.3 Å². The van der Waals surface area contributed by atoms with Crippen molar-refractivity contribution in [1.29, 1.82) is 0 Å². The molecule has 2 aliphatic heterocycles. The minimum absolute atomic E-state index is 0.246. The predicted molar refractivity (Wildman–Crippen MR) is 222 cm³/mol. The molecule has 0 unspecified atom stereocenters. The molecule has 0 aromatic heterocycles. The molecule has 0 saturated heterocycles. The van der Waals surface area contributed by atoms with Crippen molar-refractivity contribution in [3.05, 3.63) is 143 Å². The fraction of sp³-hybridized carbons (Fsp3) is 0.174. The number of carbonyl (C=O) groups is 6. The maximum atomic E-state index is 13.8. The molecule has 12 heteroatoms. The molecule has 0 radical (unpaired) electrons. The maximum absolute atomic E-state index is 13.8. The summed E-state index contributed by atoms with van der Waals surface area (Å²) in [5.41, 5.74) is 2.34. The number of amides is 4. The van der Waals surface area contributed by atoms with Crippen molar-refractivity contribution in [2.45, 2.75) is 39.5 Å². The van der Waals surface area contributed by atoms with Gasteiger partial charge in [-0.2, -0.15) is 0 Å². The Labute approximate surface area is 345 Å². The van der Waals surface area contributed by atoms with E-state index in [0.29, 0.717) is 80.9 Å². The van der Waals surface area contributed by atoms with Crippen LogP contribution in [0.2, 0.25) is 0 Å². The average molecular weight is 903 g/mol. The van der Waals surface area contributed by atoms with Crippen LogP contribution in [-0.2, 0) is 0 Å². The Morgan fingerprint density at radius 1 is 0.483 bits per heavy atom. The van der Waals surface area contributed by atoms with Crippen LogP contribution in [-0.4, -0.2) is 84.7 Å². The monoisotopic (exact) mass is 904 g/mol. The van der Waals surface area contributed by atoms with E-state index in [4.69, 9.17) is 9.47 Å². The zero-order chi connectivity index (χ0) is 40.5. The molecule has 58 heavy (non-hydrogen) atoms. The van der Waals surface area contributed by atoms with Crippen molar-refractivity contribution in [3.8, 4) is 11.5 Å². The van der Waals surface area contributed by atoms with Gasteiger partial charge in [-0.25, -0.2) is 0 Å². The summed E-state index contributed by atoms with van der Waals surface area (Å²) in [4.78, 5) is 83.7. The van der Waals surface area contributed by atoms with E-state index in [0.717, 1.165) is 21.8 Å². The topological polar surface area (TPSA) is 127 Å². The zero-order valence-electron chi connectivity index (χ0n) is 31.6. The zero-order valence-corrected chi connectivity index (χ0v) is 35.0. The van der Waals surface area contributed by atoms with Crippen LogP contribution >= 0.6 is 0 Å². The molecule has 0 atom stereocenters. The molecule has 0 bridgehead atoms. The van der Waals surface area contributed by atoms with Gasteiger partial charge in [-0.1, -0.05) is 26.7 Å². The Bertz CT molecular complexity index is 2480. The number of ether oxygens (including phenoxy) is 2. The number of carbonyl (C=O) groups excluding carboxylic acids is 6. The molecule has 0 aliphatic carbocycles. The summed E-state index contributed by atoms with van der Waals surface area (Å²) in [6.45, 7) is 4.67. The first-order chi connectivity index (χ1) is 28.2. The summed E-state index contributed by atoms with van der Waals surface area (Å²) in [5, 5.41) is 1.96. The van der Waals surface area contributed by atoms with Crippen LogP contribution in [0.1, 0.15) is 102 Å². The Morgan fingerprint density at radius 2 is 0.862 bits per heavy atom. The van der Waals surface area contributed by atoms with Gasteiger partial charge in [0.25, 0.3) is 0 Å². The van der Waals surface area contributed by atoms with Gasteiger partial charge in [0.05, 0.1) is 0 Å². The molecule has 2 aliphatic rings. The number of benzene rings is 6. The van der Waals surface area contributed by atoms with Crippen molar-refractivity contribution in [2.24, 2.45) is 0 Å². The van der Waals surface area contributed by atoms with Gasteiger partial charge >= 0.3 is 320 Å². The van der Waals surface area contributed by atoms with Gasteiger partial charge in [-0.3, -0.25) is 0 Å². The Kier molecular flexibility index (Phi) is 11.1. The molecule has 2 heterocycles. The van der Waals surface area contributed by atoms with Gasteiger partial charge in [0, 0.05) is 0 Å². The molecule has 0 spiro atoms. The van der Waals surface area contributed by atoms with Gasteiger partial charge < -0.3 is 0 Å². The van der Waals surface area contributed by atoms with Crippen LogP contribution in [0.5, 0.6) is 11.5 Å². The molecule has 0 fully saturated rings. The predicted octanol–water partition coefficient (Wildman–Crippen LogP) is 6.50. The van der Waals surface area contributed by atoms with Gasteiger partial charge in [0.1, 0.15) is 0 Å². The van der Waals surface area contributed by atoms with E-state index in [-0.39, 0.29) is 61.4 Å². The van der Waals surface area contributed by atoms with E-state index < -0.39 is 11.9 Å². The standard InChI is InChI=1S/C46H36N2O8Se2/c1-3-5-25-47-41(49)31-17-11-15-27-35(23-21-33(39(27)31)43(47)51)55-45(53)29-13-7-9-19-37(29)57-58-38-20-10-8-14-30(38)46(54)56-36-24-22-34-40-28(36)16-12-18-32(40)42(50)48(44(34)52)26-6-4-2/h7-24H,3-6,25-26H2,1-2H3. The van der Waals surface area contributed by atoms with Gasteiger partial charge in [-0.05, 0) is 0 Å². The Morgan fingerprint density at radius 3 is 1.26 bits per heavy atom.